The molecular formula is C34H36O4S. The van der Waals surface area contributed by atoms with Crippen molar-refractivity contribution in [3.05, 3.63) is 138 Å². The van der Waals surface area contributed by atoms with Gasteiger partial charge in [-0.25, -0.2) is 0 Å². The van der Waals surface area contributed by atoms with E-state index in [2.05, 4.69) is 74.5 Å². The van der Waals surface area contributed by atoms with E-state index in [0.29, 0.717) is 19.8 Å². The zero-order chi connectivity index (χ0) is 26.9. The topological polar surface area (TPSA) is 36.9 Å². The second kappa shape index (κ2) is 13.9. The Morgan fingerprint density at radius 2 is 1.00 bits per heavy atom. The van der Waals surface area contributed by atoms with E-state index in [1.54, 1.807) is 11.8 Å². The van der Waals surface area contributed by atoms with Crippen molar-refractivity contribution in [1.82, 2.24) is 0 Å². The van der Waals surface area contributed by atoms with E-state index >= 15 is 0 Å². The maximum Gasteiger partial charge on any atom is 0.136 e. The van der Waals surface area contributed by atoms with Crippen LogP contribution < -0.4 is 0 Å². The highest BCUT2D eigenvalue weighted by Gasteiger charge is 2.47. The van der Waals surface area contributed by atoms with Gasteiger partial charge in [0.25, 0.3) is 0 Å². The number of ether oxygens (including phenoxy) is 4. The summed E-state index contributed by atoms with van der Waals surface area (Å²) in [7, 11) is 0. The Morgan fingerprint density at radius 3 is 1.49 bits per heavy atom. The van der Waals surface area contributed by atoms with E-state index in [4.69, 9.17) is 18.9 Å². The summed E-state index contributed by atoms with van der Waals surface area (Å²) in [4.78, 5) is 1.14. The highest BCUT2D eigenvalue weighted by atomic mass is 32.2. The summed E-state index contributed by atoms with van der Waals surface area (Å²) in [5.41, 5.74) is 4.31. The van der Waals surface area contributed by atoms with Crippen LogP contribution in [0.3, 0.4) is 0 Å². The molecule has 1 saturated heterocycles. The molecule has 5 rings (SSSR count). The lowest BCUT2D eigenvalue weighted by Gasteiger charge is -2.45. The quantitative estimate of drug-likeness (QED) is 0.196. The molecule has 1 aliphatic rings. The van der Waals surface area contributed by atoms with Crippen LogP contribution in [0.5, 0.6) is 0 Å². The molecule has 5 heteroatoms. The Kier molecular flexibility index (Phi) is 9.86. The lowest BCUT2D eigenvalue weighted by molar-refractivity contribution is -0.242. The summed E-state index contributed by atoms with van der Waals surface area (Å²) >= 11 is 1.68. The SMILES string of the molecule is Cc1ccc(SC2OC(C)[C@@H](OCc3ccccc3)C(OCc3ccccc3)[C@@H]2OCc2ccccc2)cc1. The van der Waals surface area contributed by atoms with Crippen LogP contribution in [-0.2, 0) is 38.8 Å². The summed E-state index contributed by atoms with van der Waals surface area (Å²) in [5.74, 6) is 0. The summed E-state index contributed by atoms with van der Waals surface area (Å²) < 4.78 is 26.5. The molecule has 0 aromatic heterocycles. The molecule has 0 aliphatic carbocycles. The molecule has 4 aromatic carbocycles. The van der Waals surface area contributed by atoms with Gasteiger partial charge >= 0.3 is 0 Å². The fourth-order valence-corrected chi connectivity index (χ4v) is 5.87. The number of thioether (sulfide) groups is 1. The van der Waals surface area contributed by atoms with Crippen LogP contribution in [0.1, 0.15) is 29.2 Å². The fraction of sp³-hybridized carbons (Fsp3) is 0.294. The molecule has 202 valence electrons. The van der Waals surface area contributed by atoms with Gasteiger partial charge in [-0.1, -0.05) is 120 Å². The van der Waals surface area contributed by atoms with Crippen molar-refractivity contribution >= 4 is 11.8 Å². The Hall–Kier alpha value is -2.93. The minimum Gasteiger partial charge on any atom is -0.368 e. The predicted molar refractivity (Wildman–Crippen MR) is 156 cm³/mol. The van der Waals surface area contributed by atoms with Crippen molar-refractivity contribution in [2.45, 2.75) is 68.4 Å². The van der Waals surface area contributed by atoms with Crippen LogP contribution in [0.4, 0.5) is 0 Å². The van der Waals surface area contributed by atoms with Gasteiger partial charge in [-0.2, -0.15) is 0 Å². The van der Waals surface area contributed by atoms with Crippen molar-refractivity contribution in [3.63, 3.8) is 0 Å². The summed E-state index contributed by atoms with van der Waals surface area (Å²) in [6.45, 7) is 5.58. The first-order valence-corrected chi connectivity index (χ1v) is 14.4. The maximum absolute atomic E-state index is 6.69. The largest absolute Gasteiger partial charge is 0.368 e. The van der Waals surface area contributed by atoms with Gasteiger partial charge in [0.15, 0.2) is 0 Å². The van der Waals surface area contributed by atoms with Gasteiger partial charge in [-0.05, 0) is 42.7 Å². The molecule has 4 aromatic rings. The monoisotopic (exact) mass is 540 g/mol. The first-order chi connectivity index (χ1) is 19.2. The second-order valence-electron chi connectivity index (χ2n) is 9.92. The van der Waals surface area contributed by atoms with Gasteiger partial charge in [0.1, 0.15) is 23.7 Å². The van der Waals surface area contributed by atoms with Gasteiger partial charge in [-0.15, -0.1) is 0 Å². The van der Waals surface area contributed by atoms with Gasteiger partial charge in [0.05, 0.1) is 25.9 Å². The van der Waals surface area contributed by atoms with Crippen molar-refractivity contribution in [2.24, 2.45) is 0 Å². The summed E-state index contributed by atoms with van der Waals surface area (Å²) in [5, 5.41) is 0. The van der Waals surface area contributed by atoms with Crippen LogP contribution in [-0.4, -0.2) is 29.9 Å². The number of hydrogen-bond acceptors (Lipinski definition) is 5. The zero-order valence-corrected chi connectivity index (χ0v) is 23.3. The molecule has 0 saturated carbocycles. The predicted octanol–water partition coefficient (Wildman–Crippen LogP) is 7.59. The van der Waals surface area contributed by atoms with E-state index in [0.717, 1.165) is 21.6 Å². The lowest BCUT2D eigenvalue weighted by atomic mass is 9.99. The van der Waals surface area contributed by atoms with Crippen molar-refractivity contribution in [3.8, 4) is 0 Å². The minimum absolute atomic E-state index is 0.186. The van der Waals surface area contributed by atoms with Crippen molar-refractivity contribution < 1.29 is 18.9 Å². The Morgan fingerprint density at radius 1 is 0.564 bits per heavy atom. The molecule has 0 radical (unpaired) electrons. The first-order valence-electron chi connectivity index (χ1n) is 13.5. The van der Waals surface area contributed by atoms with Gasteiger partial charge in [0, 0.05) is 4.90 Å². The van der Waals surface area contributed by atoms with Crippen molar-refractivity contribution in [2.75, 3.05) is 0 Å². The molecule has 4 nitrogen and oxygen atoms in total. The molecule has 1 heterocycles. The van der Waals surface area contributed by atoms with E-state index in [1.807, 2.05) is 54.6 Å². The molecule has 0 N–H and O–H groups in total. The standard InChI is InChI=1S/C34H36O4S/c1-25-18-20-30(21-19-25)39-34-33(37-24-29-16-10-5-11-17-29)32(36-23-28-14-8-4-9-15-28)31(26(2)38-34)35-22-27-12-6-3-7-13-27/h3-21,26,31-34H,22-24H2,1-2H3/t26?,31-,32?,33+,34?/m1/s1. The van der Waals surface area contributed by atoms with Crippen LogP contribution in [0.2, 0.25) is 0 Å². The molecule has 0 bridgehead atoms. The third-order valence-electron chi connectivity index (χ3n) is 6.86. The van der Waals surface area contributed by atoms with Crippen LogP contribution >= 0.6 is 11.8 Å². The maximum atomic E-state index is 6.69. The molecule has 0 amide bonds. The molecule has 1 aliphatic heterocycles. The van der Waals surface area contributed by atoms with Crippen LogP contribution in [0.25, 0.3) is 0 Å². The normalized spacial score (nSPS) is 23.0. The van der Waals surface area contributed by atoms with Gasteiger partial charge in [-0.3, -0.25) is 0 Å². The molecule has 1 fully saturated rings. The summed E-state index contributed by atoms with van der Waals surface area (Å²) in [6, 6.07) is 39.3. The summed E-state index contributed by atoms with van der Waals surface area (Å²) in [6.07, 6.45) is -1.17. The molecule has 3 unspecified atom stereocenters. The van der Waals surface area contributed by atoms with E-state index in [9.17, 15) is 0 Å². The van der Waals surface area contributed by atoms with Crippen LogP contribution in [0.15, 0.2) is 120 Å². The zero-order valence-electron chi connectivity index (χ0n) is 22.5. The first kappa shape index (κ1) is 27.6. The smallest absolute Gasteiger partial charge is 0.136 e. The van der Waals surface area contributed by atoms with Crippen molar-refractivity contribution in [1.29, 1.82) is 0 Å². The van der Waals surface area contributed by atoms with Gasteiger partial charge < -0.3 is 18.9 Å². The number of rotatable bonds is 11. The molecular weight excluding hydrogens is 504 g/mol. The Balaban J connectivity index is 1.42. The third-order valence-corrected chi connectivity index (χ3v) is 8.01. The lowest BCUT2D eigenvalue weighted by Crippen LogP contribution is -2.58. The Labute approximate surface area is 236 Å². The minimum atomic E-state index is -0.350. The van der Waals surface area contributed by atoms with E-state index < -0.39 is 0 Å². The second-order valence-corrected chi connectivity index (χ2v) is 11.1. The number of aryl methyl sites for hydroxylation is 1. The highest BCUT2D eigenvalue weighted by Crippen LogP contribution is 2.38. The third kappa shape index (κ3) is 7.81. The van der Waals surface area contributed by atoms with Gasteiger partial charge in [0.2, 0.25) is 0 Å². The average molecular weight is 541 g/mol. The fourth-order valence-electron chi connectivity index (χ4n) is 4.71. The number of benzene rings is 4. The molecule has 0 spiro atoms. The number of hydrogen-bond donors (Lipinski definition) is 0. The van der Waals surface area contributed by atoms with Crippen LogP contribution in [0, 0.1) is 6.92 Å². The van der Waals surface area contributed by atoms with E-state index in [-0.39, 0.29) is 29.9 Å². The van der Waals surface area contributed by atoms with E-state index in [1.165, 1.54) is 5.56 Å². The average Bonchev–Trinajstić information content (AvgIpc) is 2.98. The Bertz CT molecular complexity index is 1250. The molecule has 39 heavy (non-hydrogen) atoms. The molecule has 5 atom stereocenters. The highest BCUT2D eigenvalue weighted by molar-refractivity contribution is 7.99.